The van der Waals surface area contributed by atoms with Gasteiger partial charge in [0.15, 0.2) is 5.96 Å². The number of benzene rings is 1. The second-order valence-corrected chi connectivity index (χ2v) is 7.29. The molecule has 3 atom stereocenters. The normalized spacial score (nSPS) is 27.2. The number of nitrogens with zero attached hydrogens (tertiary/aromatic N) is 1. The molecule has 6 heteroatoms. The lowest BCUT2D eigenvalue weighted by Crippen LogP contribution is -2.67. The van der Waals surface area contributed by atoms with Gasteiger partial charge >= 0.3 is 0 Å². The lowest BCUT2D eigenvalue weighted by Gasteiger charge is -2.54. The number of nitrogens with one attached hydrogen (secondary N) is 2. The molecule has 1 saturated heterocycles. The molecule has 0 aromatic heterocycles. The van der Waals surface area contributed by atoms with Gasteiger partial charge < -0.3 is 24.8 Å². The monoisotopic (exact) mass is 347 g/mol. The summed E-state index contributed by atoms with van der Waals surface area (Å²) in [6.45, 7) is 6.02. The topological polar surface area (TPSA) is 64.1 Å². The van der Waals surface area contributed by atoms with Crippen LogP contribution in [-0.4, -0.2) is 46.0 Å². The first kappa shape index (κ1) is 17.9. The molecular weight excluding hydrogens is 318 g/mol. The first-order valence-electron chi connectivity index (χ1n) is 8.81. The molecule has 0 radical (unpaired) electrons. The Morgan fingerprint density at radius 2 is 2.12 bits per heavy atom. The zero-order valence-corrected chi connectivity index (χ0v) is 15.8. The van der Waals surface area contributed by atoms with E-state index < -0.39 is 0 Å². The van der Waals surface area contributed by atoms with E-state index in [2.05, 4.69) is 29.5 Å². The molecule has 1 aromatic carbocycles. The highest BCUT2D eigenvalue weighted by molar-refractivity contribution is 5.80. The molecule has 6 nitrogen and oxygen atoms in total. The van der Waals surface area contributed by atoms with E-state index in [1.165, 1.54) is 0 Å². The van der Waals surface area contributed by atoms with Crippen LogP contribution in [0.15, 0.2) is 23.2 Å². The van der Waals surface area contributed by atoms with Crippen molar-refractivity contribution in [2.24, 2.45) is 16.3 Å². The van der Waals surface area contributed by atoms with Crippen LogP contribution < -0.4 is 20.1 Å². The van der Waals surface area contributed by atoms with Crippen molar-refractivity contribution >= 4 is 5.96 Å². The molecule has 3 unspecified atom stereocenters. The van der Waals surface area contributed by atoms with E-state index >= 15 is 0 Å². The highest BCUT2D eigenvalue weighted by Crippen LogP contribution is 2.52. The Bertz CT molecular complexity index is 645. The van der Waals surface area contributed by atoms with E-state index in [-0.39, 0.29) is 5.41 Å². The van der Waals surface area contributed by atoms with Crippen molar-refractivity contribution < 1.29 is 14.2 Å². The molecule has 1 aromatic rings. The van der Waals surface area contributed by atoms with E-state index in [1.54, 1.807) is 21.3 Å². The summed E-state index contributed by atoms with van der Waals surface area (Å²) in [6, 6.07) is 6.21. The van der Waals surface area contributed by atoms with Crippen LogP contribution in [0.3, 0.4) is 0 Å². The fourth-order valence-electron chi connectivity index (χ4n) is 4.14. The van der Waals surface area contributed by atoms with Gasteiger partial charge in [-0.05, 0) is 18.6 Å². The van der Waals surface area contributed by atoms with Crippen molar-refractivity contribution in [2.75, 3.05) is 27.9 Å². The van der Waals surface area contributed by atoms with Crippen molar-refractivity contribution in [1.82, 2.24) is 10.6 Å². The first-order chi connectivity index (χ1) is 12.0. The molecule has 1 heterocycles. The minimum absolute atomic E-state index is 0.122. The van der Waals surface area contributed by atoms with Crippen LogP contribution in [0.25, 0.3) is 0 Å². The third-order valence-corrected chi connectivity index (χ3v) is 5.56. The summed E-state index contributed by atoms with van der Waals surface area (Å²) in [7, 11) is 5.12. The van der Waals surface area contributed by atoms with Gasteiger partial charge in [0.25, 0.3) is 0 Å². The number of rotatable bonds is 5. The van der Waals surface area contributed by atoms with Crippen LogP contribution in [0.2, 0.25) is 0 Å². The van der Waals surface area contributed by atoms with Crippen molar-refractivity contribution in [1.29, 1.82) is 0 Å². The van der Waals surface area contributed by atoms with Gasteiger partial charge in [-0.25, -0.2) is 0 Å². The second kappa shape index (κ2) is 7.12. The molecule has 2 N–H and O–H groups in total. The average molecular weight is 347 g/mol. The van der Waals surface area contributed by atoms with Crippen molar-refractivity contribution in [3.63, 3.8) is 0 Å². The Morgan fingerprint density at radius 1 is 1.32 bits per heavy atom. The Morgan fingerprint density at radius 3 is 2.80 bits per heavy atom. The molecule has 0 amide bonds. The predicted octanol–water partition coefficient (Wildman–Crippen LogP) is 2.18. The highest BCUT2D eigenvalue weighted by Gasteiger charge is 2.59. The zero-order chi connectivity index (χ0) is 18.0. The summed E-state index contributed by atoms with van der Waals surface area (Å²) in [4.78, 5) is 4.38. The largest absolute Gasteiger partial charge is 0.497 e. The van der Waals surface area contributed by atoms with Gasteiger partial charge in [0.1, 0.15) is 11.5 Å². The summed E-state index contributed by atoms with van der Waals surface area (Å²) in [5.74, 6) is 2.97. The first-order valence-corrected chi connectivity index (χ1v) is 8.81. The predicted molar refractivity (Wildman–Crippen MR) is 98.3 cm³/mol. The minimum atomic E-state index is 0.122. The molecule has 138 valence electrons. The van der Waals surface area contributed by atoms with Gasteiger partial charge in [0.05, 0.1) is 20.3 Å². The average Bonchev–Trinajstić information content (AvgIpc) is 3.08. The van der Waals surface area contributed by atoms with Gasteiger partial charge in [-0.3, -0.25) is 4.99 Å². The van der Waals surface area contributed by atoms with E-state index in [0.29, 0.717) is 24.6 Å². The molecule has 25 heavy (non-hydrogen) atoms. The van der Waals surface area contributed by atoms with Crippen molar-refractivity contribution in [2.45, 2.75) is 39.0 Å². The molecule has 2 fully saturated rings. The Labute approximate surface area is 149 Å². The summed E-state index contributed by atoms with van der Waals surface area (Å²) in [5, 5.41) is 6.98. The Kier molecular flexibility index (Phi) is 5.08. The van der Waals surface area contributed by atoms with E-state index in [1.807, 2.05) is 18.2 Å². The van der Waals surface area contributed by atoms with E-state index in [0.717, 1.165) is 36.0 Å². The van der Waals surface area contributed by atoms with E-state index in [9.17, 15) is 0 Å². The maximum Gasteiger partial charge on any atom is 0.191 e. The number of methoxy groups -OCH3 is 2. The number of aliphatic imine (C=N–C) groups is 1. The molecule has 2 aliphatic rings. The molecule has 1 aliphatic heterocycles. The van der Waals surface area contributed by atoms with Crippen LogP contribution in [0.4, 0.5) is 0 Å². The molecule has 0 spiro atoms. The third-order valence-electron chi connectivity index (χ3n) is 5.56. The maximum atomic E-state index is 5.87. The highest BCUT2D eigenvalue weighted by atomic mass is 16.5. The smallest absolute Gasteiger partial charge is 0.191 e. The SMILES string of the molecule is CN=C(NCc1ccc(OC)cc1OC)NC1C2CCOC2C1(C)C. The summed E-state index contributed by atoms with van der Waals surface area (Å²) >= 11 is 0. The number of fused-ring (bicyclic) bond motifs is 1. The lowest BCUT2D eigenvalue weighted by atomic mass is 9.57. The van der Waals surface area contributed by atoms with Crippen LogP contribution >= 0.6 is 0 Å². The van der Waals surface area contributed by atoms with Crippen LogP contribution in [-0.2, 0) is 11.3 Å². The third kappa shape index (κ3) is 3.27. The second-order valence-electron chi connectivity index (χ2n) is 7.29. The van der Waals surface area contributed by atoms with E-state index in [4.69, 9.17) is 14.2 Å². The Balaban J connectivity index is 1.62. The summed E-state index contributed by atoms with van der Waals surface area (Å²) < 4.78 is 16.6. The van der Waals surface area contributed by atoms with Gasteiger partial charge in [0, 0.05) is 49.2 Å². The quantitative estimate of drug-likeness (QED) is 0.631. The van der Waals surface area contributed by atoms with Crippen LogP contribution in [0.5, 0.6) is 11.5 Å². The summed E-state index contributed by atoms with van der Waals surface area (Å²) in [6.07, 6.45) is 1.49. The Hall–Kier alpha value is -1.95. The number of guanidine groups is 1. The fourth-order valence-corrected chi connectivity index (χ4v) is 4.14. The molecule has 3 rings (SSSR count). The van der Waals surface area contributed by atoms with Gasteiger partial charge in [0.2, 0.25) is 0 Å². The molecule has 0 bridgehead atoms. The fraction of sp³-hybridized carbons (Fsp3) is 0.632. The van der Waals surface area contributed by atoms with Gasteiger partial charge in [-0.1, -0.05) is 13.8 Å². The van der Waals surface area contributed by atoms with Crippen molar-refractivity contribution in [3.8, 4) is 11.5 Å². The number of hydrogen-bond acceptors (Lipinski definition) is 4. The van der Waals surface area contributed by atoms with Gasteiger partial charge in [-0.2, -0.15) is 0 Å². The molecular formula is C19H29N3O3. The summed E-state index contributed by atoms with van der Waals surface area (Å²) in [5.41, 5.74) is 1.18. The minimum Gasteiger partial charge on any atom is -0.497 e. The van der Waals surface area contributed by atoms with Gasteiger partial charge in [-0.15, -0.1) is 0 Å². The zero-order valence-electron chi connectivity index (χ0n) is 15.8. The standard InChI is InChI=1S/C19H29N3O3/c1-19(2)16(14-8-9-25-17(14)19)22-18(20-3)21-11-12-6-7-13(23-4)10-15(12)24-5/h6-7,10,14,16-17H,8-9,11H2,1-5H3,(H2,20,21,22). The number of ether oxygens (including phenoxy) is 3. The number of hydrogen-bond donors (Lipinski definition) is 2. The van der Waals surface area contributed by atoms with Crippen LogP contribution in [0, 0.1) is 11.3 Å². The molecule has 1 aliphatic carbocycles. The van der Waals surface area contributed by atoms with Crippen LogP contribution in [0.1, 0.15) is 25.8 Å². The molecule has 1 saturated carbocycles. The lowest BCUT2D eigenvalue weighted by molar-refractivity contribution is -0.106. The van der Waals surface area contributed by atoms with Crippen molar-refractivity contribution in [3.05, 3.63) is 23.8 Å². The maximum absolute atomic E-state index is 5.87.